The van der Waals surface area contributed by atoms with Crippen LogP contribution >= 0.6 is 11.6 Å². The molecule has 0 bridgehead atoms. The van der Waals surface area contributed by atoms with Crippen molar-refractivity contribution in [3.63, 3.8) is 0 Å². The van der Waals surface area contributed by atoms with Crippen molar-refractivity contribution in [3.8, 4) is 5.75 Å². The molecule has 22 heavy (non-hydrogen) atoms. The molecule has 1 aromatic heterocycles. The van der Waals surface area contributed by atoms with Gasteiger partial charge in [-0.1, -0.05) is 17.7 Å². The number of carbonyl (C=O) groups excluding carboxylic acids is 1. The molecule has 0 amide bonds. The molecular weight excluding hydrogens is 309 g/mol. The van der Waals surface area contributed by atoms with Crippen LogP contribution in [0.2, 0.25) is 5.02 Å². The zero-order valence-corrected chi connectivity index (χ0v) is 12.8. The Labute approximate surface area is 131 Å². The van der Waals surface area contributed by atoms with Crippen molar-refractivity contribution in [1.82, 2.24) is 4.57 Å². The average Bonchev–Trinajstić information content (AvgIpc) is 2.46. The predicted octanol–water partition coefficient (Wildman–Crippen LogP) is 2.93. The van der Waals surface area contributed by atoms with Gasteiger partial charge in [-0.05, 0) is 24.6 Å². The number of hydrogen-bond donors (Lipinski definition) is 0. The highest BCUT2D eigenvalue weighted by Gasteiger charge is 2.32. The first kappa shape index (κ1) is 14.8. The Kier molecular flexibility index (Phi) is 3.53. The first-order valence-corrected chi connectivity index (χ1v) is 7.12. The molecule has 2 heterocycles. The molecule has 0 unspecified atom stereocenters. The number of ether oxygens (including phenoxy) is 1. The lowest BCUT2D eigenvalue weighted by Gasteiger charge is -2.25. The Bertz CT molecular complexity index is 844. The van der Waals surface area contributed by atoms with E-state index in [9.17, 15) is 14.0 Å². The Morgan fingerprint density at radius 1 is 1.32 bits per heavy atom. The fraction of sp³-hybridized carbons (Fsp3) is 0.250. The first-order valence-electron chi connectivity index (χ1n) is 6.74. The van der Waals surface area contributed by atoms with Crippen molar-refractivity contribution in [2.24, 2.45) is 7.05 Å². The largest absolute Gasteiger partial charge is 0.426 e. The average molecular weight is 322 g/mol. The highest BCUT2D eigenvalue weighted by molar-refractivity contribution is 6.30. The van der Waals surface area contributed by atoms with E-state index in [-0.39, 0.29) is 22.8 Å². The summed E-state index contributed by atoms with van der Waals surface area (Å²) in [6, 6.07) is 5.87. The van der Waals surface area contributed by atoms with Crippen molar-refractivity contribution >= 4 is 17.6 Å². The molecule has 4 nitrogen and oxygen atoms in total. The van der Waals surface area contributed by atoms with Crippen molar-refractivity contribution in [2.75, 3.05) is 0 Å². The van der Waals surface area contributed by atoms with Crippen molar-refractivity contribution < 1.29 is 13.9 Å². The summed E-state index contributed by atoms with van der Waals surface area (Å²) < 4.78 is 20.0. The summed E-state index contributed by atoms with van der Waals surface area (Å²) in [6.45, 7) is 1.76. The summed E-state index contributed by atoms with van der Waals surface area (Å²) >= 11 is 5.82. The van der Waals surface area contributed by atoms with Gasteiger partial charge in [0.25, 0.3) is 5.56 Å². The van der Waals surface area contributed by atoms with E-state index in [0.29, 0.717) is 16.8 Å². The summed E-state index contributed by atoms with van der Waals surface area (Å²) in [5.74, 6) is -1.19. The maximum absolute atomic E-state index is 13.3. The van der Waals surface area contributed by atoms with Crippen LogP contribution < -0.4 is 10.3 Å². The number of rotatable bonds is 1. The maximum atomic E-state index is 13.3. The Morgan fingerprint density at radius 2 is 2.05 bits per heavy atom. The van der Waals surface area contributed by atoms with E-state index in [1.54, 1.807) is 20.0 Å². The van der Waals surface area contributed by atoms with Crippen LogP contribution in [-0.2, 0) is 11.8 Å². The third-order valence-electron chi connectivity index (χ3n) is 3.96. The maximum Gasteiger partial charge on any atom is 0.312 e. The van der Waals surface area contributed by atoms with Gasteiger partial charge in [-0.15, -0.1) is 0 Å². The molecule has 1 aromatic carbocycles. The van der Waals surface area contributed by atoms with Crippen LogP contribution in [0.3, 0.4) is 0 Å². The molecule has 0 radical (unpaired) electrons. The van der Waals surface area contributed by atoms with Gasteiger partial charge in [0, 0.05) is 24.7 Å². The third kappa shape index (κ3) is 2.31. The lowest BCUT2D eigenvalue weighted by Crippen LogP contribution is -2.32. The zero-order chi connectivity index (χ0) is 16.0. The van der Waals surface area contributed by atoms with Gasteiger partial charge >= 0.3 is 5.97 Å². The monoisotopic (exact) mass is 321 g/mol. The molecule has 0 aliphatic carbocycles. The summed E-state index contributed by atoms with van der Waals surface area (Å²) in [4.78, 5) is 24.4. The number of benzene rings is 1. The number of pyridine rings is 1. The van der Waals surface area contributed by atoms with Crippen molar-refractivity contribution in [1.29, 1.82) is 0 Å². The van der Waals surface area contributed by atoms with E-state index in [4.69, 9.17) is 16.3 Å². The second kappa shape index (κ2) is 5.25. The van der Waals surface area contributed by atoms with E-state index >= 15 is 0 Å². The number of esters is 1. The number of halogens is 2. The van der Waals surface area contributed by atoms with E-state index < -0.39 is 17.7 Å². The minimum atomic E-state index is -0.541. The van der Waals surface area contributed by atoms with Crippen LogP contribution in [0.1, 0.15) is 29.2 Å². The quantitative estimate of drug-likeness (QED) is 0.759. The molecule has 114 valence electrons. The number of aromatic nitrogens is 1. The zero-order valence-electron chi connectivity index (χ0n) is 12.0. The number of carbonyl (C=O) groups is 1. The van der Waals surface area contributed by atoms with Crippen LogP contribution in [0.25, 0.3) is 0 Å². The van der Waals surface area contributed by atoms with Crippen LogP contribution in [0.4, 0.5) is 4.39 Å². The van der Waals surface area contributed by atoms with Gasteiger partial charge in [0.15, 0.2) is 0 Å². The highest BCUT2D eigenvalue weighted by Crippen LogP contribution is 2.37. The lowest BCUT2D eigenvalue weighted by atomic mass is 9.87. The Hall–Kier alpha value is -2.14. The van der Waals surface area contributed by atoms with Crippen molar-refractivity contribution in [3.05, 3.63) is 62.3 Å². The van der Waals surface area contributed by atoms with Crippen molar-refractivity contribution in [2.45, 2.75) is 19.3 Å². The molecule has 0 N–H and O–H groups in total. The fourth-order valence-corrected chi connectivity index (χ4v) is 2.85. The van der Waals surface area contributed by atoms with E-state index in [0.717, 1.165) is 0 Å². The number of nitrogens with zero attached hydrogens (tertiary/aromatic N) is 1. The summed E-state index contributed by atoms with van der Waals surface area (Å²) in [5.41, 5.74) is 1.47. The van der Waals surface area contributed by atoms with Gasteiger partial charge < -0.3 is 9.30 Å². The van der Waals surface area contributed by atoms with Gasteiger partial charge in [-0.3, -0.25) is 9.59 Å². The van der Waals surface area contributed by atoms with Gasteiger partial charge in [0.05, 0.1) is 17.0 Å². The number of fused-ring (bicyclic) bond motifs is 1. The molecule has 1 atom stereocenters. The van der Waals surface area contributed by atoms with Gasteiger partial charge in [-0.2, -0.15) is 0 Å². The minimum Gasteiger partial charge on any atom is -0.426 e. The van der Waals surface area contributed by atoms with Crippen LogP contribution in [-0.4, -0.2) is 10.5 Å². The summed E-state index contributed by atoms with van der Waals surface area (Å²) in [5, 5.41) is -0.0399. The SMILES string of the molecule is Cc1cc2c(c(=O)n1C)[C@@H](c1ccc(F)c(Cl)c1)CC(=O)O2. The number of hydrogen-bond acceptors (Lipinski definition) is 3. The molecule has 0 saturated carbocycles. The molecule has 1 aliphatic heterocycles. The molecule has 6 heteroatoms. The van der Waals surface area contributed by atoms with E-state index in [1.165, 1.54) is 22.8 Å². The smallest absolute Gasteiger partial charge is 0.312 e. The lowest BCUT2D eigenvalue weighted by molar-refractivity contribution is -0.135. The van der Waals surface area contributed by atoms with E-state index in [1.807, 2.05) is 0 Å². The molecular formula is C16H13ClFNO3. The van der Waals surface area contributed by atoms with Crippen LogP contribution in [0.15, 0.2) is 29.1 Å². The molecule has 2 aromatic rings. The molecule has 3 rings (SSSR count). The fourth-order valence-electron chi connectivity index (χ4n) is 2.66. The summed E-state index contributed by atoms with van der Waals surface area (Å²) in [7, 11) is 1.66. The molecule has 0 fully saturated rings. The summed E-state index contributed by atoms with van der Waals surface area (Å²) in [6.07, 6.45) is 0.0211. The Balaban J connectivity index is 2.23. The third-order valence-corrected chi connectivity index (χ3v) is 4.25. The van der Waals surface area contributed by atoms with Crippen LogP contribution in [0, 0.1) is 12.7 Å². The minimum absolute atomic E-state index is 0.0211. The highest BCUT2D eigenvalue weighted by atomic mass is 35.5. The number of aryl methyl sites for hydroxylation is 1. The van der Waals surface area contributed by atoms with Crippen LogP contribution in [0.5, 0.6) is 5.75 Å². The van der Waals surface area contributed by atoms with Gasteiger partial charge in [0.1, 0.15) is 11.6 Å². The molecule has 1 aliphatic rings. The second-order valence-electron chi connectivity index (χ2n) is 5.33. The second-order valence-corrected chi connectivity index (χ2v) is 5.74. The van der Waals surface area contributed by atoms with Gasteiger partial charge in [0.2, 0.25) is 0 Å². The molecule has 0 spiro atoms. The first-order chi connectivity index (χ1) is 10.4. The normalized spacial score (nSPS) is 17.1. The predicted molar refractivity (Wildman–Crippen MR) is 79.9 cm³/mol. The van der Waals surface area contributed by atoms with Gasteiger partial charge in [-0.25, -0.2) is 4.39 Å². The Morgan fingerprint density at radius 3 is 2.73 bits per heavy atom. The topological polar surface area (TPSA) is 48.3 Å². The molecule has 0 saturated heterocycles. The standard InChI is InChI=1S/C16H13ClFNO3/c1-8-5-13-15(16(21)19(8)2)10(7-14(20)22-13)9-3-4-12(18)11(17)6-9/h3-6,10H,7H2,1-2H3/t10-/m1/s1. The van der Waals surface area contributed by atoms with E-state index in [2.05, 4.69) is 0 Å².